The van der Waals surface area contributed by atoms with Crippen LogP contribution < -0.4 is 20.4 Å². The molecule has 0 radical (unpaired) electrons. The Labute approximate surface area is 161 Å². The third kappa shape index (κ3) is 6.37. The quantitative estimate of drug-likeness (QED) is 0.413. The van der Waals surface area contributed by atoms with Gasteiger partial charge in [0.2, 0.25) is 0 Å². The second-order valence-corrected chi connectivity index (χ2v) is 6.20. The van der Waals surface area contributed by atoms with Crippen LogP contribution in [-0.2, 0) is 0 Å². The van der Waals surface area contributed by atoms with E-state index < -0.39 is 0 Å². The first-order valence-electron chi connectivity index (χ1n) is 8.76. The SMILES string of the molecule is CCCN(C)c1ccc(/C=N/NC(=S)Nc2ccc(OCC)cc2)cc1. The predicted molar refractivity (Wildman–Crippen MR) is 115 cm³/mol. The van der Waals surface area contributed by atoms with Gasteiger partial charge in [0.1, 0.15) is 5.75 Å². The number of benzene rings is 2. The zero-order valence-corrected chi connectivity index (χ0v) is 16.3. The molecule has 0 bridgehead atoms. The fourth-order valence-corrected chi connectivity index (χ4v) is 2.58. The van der Waals surface area contributed by atoms with Crippen LogP contribution in [0.25, 0.3) is 0 Å². The van der Waals surface area contributed by atoms with Gasteiger partial charge in [-0.2, -0.15) is 5.10 Å². The third-order valence-electron chi connectivity index (χ3n) is 3.70. The topological polar surface area (TPSA) is 48.9 Å². The highest BCUT2D eigenvalue weighted by Crippen LogP contribution is 2.15. The van der Waals surface area contributed by atoms with Gasteiger partial charge in [0.25, 0.3) is 0 Å². The van der Waals surface area contributed by atoms with Crippen molar-refractivity contribution in [3.05, 3.63) is 54.1 Å². The number of hydrogen-bond donors (Lipinski definition) is 2. The van der Waals surface area contributed by atoms with Gasteiger partial charge in [0, 0.05) is 25.0 Å². The molecule has 0 saturated carbocycles. The molecule has 2 N–H and O–H groups in total. The average molecular weight is 371 g/mol. The number of anilines is 2. The lowest BCUT2D eigenvalue weighted by Gasteiger charge is -2.18. The lowest BCUT2D eigenvalue weighted by Crippen LogP contribution is -2.23. The molecule has 0 amide bonds. The van der Waals surface area contributed by atoms with Crippen molar-refractivity contribution < 1.29 is 4.74 Å². The van der Waals surface area contributed by atoms with E-state index in [9.17, 15) is 0 Å². The van der Waals surface area contributed by atoms with Gasteiger partial charge >= 0.3 is 0 Å². The first-order valence-corrected chi connectivity index (χ1v) is 9.17. The molecular weight excluding hydrogens is 344 g/mol. The monoisotopic (exact) mass is 370 g/mol. The highest BCUT2D eigenvalue weighted by Gasteiger charge is 1.99. The Morgan fingerprint density at radius 1 is 1.12 bits per heavy atom. The molecule has 0 aliphatic rings. The summed E-state index contributed by atoms with van der Waals surface area (Å²) in [5, 5.41) is 7.69. The summed E-state index contributed by atoms with van der Waals surface area (Å²) in [6.07, 6.45) is 2.87. The van der Waals surface area contributed by atoms with Crippen molar-refractivity contribution in [3.8, 4) is 5.75 Å². The molecule has 0 saturated heterocycles. The molecule has 0 fully saturated rings. The summed E-state index contributed by atoms with van der Waals surface area (Å²) >= 11 is 5.25. The van der Waals surface area contributed by atoms with Crippen molar-refractivity contribution in [2.75, 3.05) is 30.4 Å². The predicted octanol–water partition coefficient (Wildman–Crippen LogP) is 4.25. The Morgan fingerprint density at radius 2 is 1.81 bits per heavy atom. The minimum absolute atomic E-state index is 0.435. The second kappa shape index (κ2) is 10.4. The van der Waals surface area contributed by atoms with Crippen molar-refractivity contribution in [2.45, 2.75) is 20.3 Å². The molecule has 0 spiro atoms. The fraction of sp³-hybridized carbons (Fsp3) is 0.300. The van der Waals surface area contributed by atoms with Crippen LogP contribution in [0.2, 0.25) is 0 Å². The standard InChI is InChI=1S/C20H26N4OS/c1-4-14-24(3)18-10-6-16(7-11-18)15-21-23-20(26)22-17-8-12-19(13-9-17)25-5-2/h6-13,15H,4-5,14H2,1-3H3,(H2,22,23,26)/b21-15+. The molecule has 0 heterocycles. The van der Waals surface area contributed by atoms with Crippen LogP contribution in [0.4, 0.5) is 11.4 Å². The number of nitrogens with zero attached hydrogens (tertiary/aromatic N) is 2. The minimum Gasteiger partial charge on any atom is -0.494 e. The van der Waals surface area contributed by atoms with Crippen LogP contribution in [0.3, 0.4) is 0 Å². The Hall–Kier alpha value is -2.60. The number of nitrogens with one attached hydrogen (secondary N) is 2. The van der Waals surface area contributed by atoms with Gasteiger partial charge in [-0.1, -0.05) is 19.1 Å². The first-order chi connectivity index (χ1) is 12.6. The summed E-state index contributed by atoms with van der Waals surface area (Å²) in [4.78, 5) is 2.23. The van der Waals surface area contributed by atoms with E-state index in [0.29, 0.717) is 11.7 Å². The van der Waals surface area contributed by atoms with Gasteiger partial charge in [-0.15, -0.1) is 0 Å². The maximum Gasteiger partial charge on any atom is 0.191 e. The Kier molecular flexibility index (Phi) is 7.89. The highest BCUT2D eigenvalue weighted by molar-refractivity contribution is 7.80. The summed E-state index contributed by atoms with van der Waals surface area (Å²) < 4.78 is 5.41. The molecule has 0 atom stereocenters. The van der Waals surface area contributed by atoms with Crippen molar-refractivity contribution in [1.82, 2.24) is 5.43 Å². The molecule has 138 valence electrons. The van der Waals surface area contributed by atoms with Crippen molar-refractivity contribution in [2.24, 2.45) is 5.10 Å². The zero-order valence-electron chi connectivity index (χ0n) is 15.5. The highest BCUT2D eigenvalue weighted by atomic mass is 32.1. The van der Waals surface area contributed by atoms with Crippen molar-refractivity contribution >= 4 is 34.9 Å². The van der Waals surface area contributed by atoms with E-state index in [1.54, 1.807) is 6.21 Å². The van der Waals surface area contributed by atoms with E-state index in [1.165, 1.54) is 5.69 Å². The van der Waals surface area contributed by atoms with Crippen molar-refractivity contribution in [3.63, 3.8) is 0 Å². The van der Waals surface area contributed by atoms with E-state index in [-0.39, 0.29) is 0 Å². The van der Waals surface area contributed by atoms with Crippen LogP contribution >= 0.6 is 12.2 Å². The molecule has 0 aliphatic heterocycles. The molecule has 0 aromatic heterocycles. The lowest BCUT2D eigenvalue weighted by atomic mass is 10.2. The van der Waals surface area contributed by atoms with Gasteiger partial charge in [-0.05, 0) is 67.5 Å². The van der Waals surface area contributed by atoms with Crippen LogP contribution in [0.15, 0.2) is 53.6 Å². The van der Waals surface area contributed by atoms with Gasteiger partial charge < -0.3 is 15.0 Å². The number of rotatable bonds is 8. The van der Waals surface area contributed by atoms with E-state index >= 15 is 0 Å². The smallest absolute Gasteiger partial charge is 0.191 e. The Bertz CT molecular complexity index is 714. The minimum atomic E-state index is 0.435. The molecule has 0 aliphatic carbocycles. The maximum atomic E-state index is 5.41. The van der Waals surface area contributed by atoms with Crippen LogP contribution in [0, 0.1) is 0 Å². The third-order valence-corrected chi connectivity index (χ3v) is 3.89. The average Bonchev–Trinajstić information content (AvgIpc) is 2.64. The summed E-state index contributed by atoms with van der Waals surface area (Å²) in [7, 11) is 2.10. The zero-order chi connectivity index (χ0) is 18.8. The fourth-order valence-electron chi connectivity index (χ4n) is 2.41. The first kappa shape index (κ1) is 19.7. The van der Waals surface area contributed by atoms with Gasteiger partial charge in [-0.25, -0.2) is 0 Å². The van der Waals surface area contributed by atoms with E-state index in [4.69, 9.17) is 17.0 Å². The van der Waals surface area contributed by atoms with Crippen LogP contribution in [0.1, 0.15) is 25.8 Å². The molecule has 0 unspecified atom stereocenters. The number of thiocarbonyl (C=S) groups is 1. The van der Waals surface area contributed by atoms with Gasteiger partial charge in [-0.3, -0.25) is 5.43 Å². The summed E-state index contributed by atoms with van der Waals surface area (Å²) in [6, 6.07) is 15.9. The molecule has 2 aromatic carbocycles. The van der Waals surface area contributed by atoms with Crippen LogP contribution in [0.5, 0.6) is 5.75 Å². The van der Waals surface area contributed by atoms with Crippen LogP contribution in [-0.4, -0.2) is 31.5 Å². The summed E-state index contributed by atoms with van der Waals surface area (Å²) in [6.45, 7) is 5.82. The number of hydrogen-bond acceptors (Lipinski definition) is 4. The molecular formula is C20H26N4OS. The Balaban J connectivity index is 1.82. The Morgan fingerprint density at radius 3 is 2.42 bits per heavy atom. The largest absolute Gasteiger partial charge is 0.494 e. The molecule has 26 heavy (non-hydrogen) atoms. The summed E-state index contributed by atoms with van der Waals surface area (Å²) in [5.41, 5.74) is 5.91. The molecule has 5 nitrogen and oxygen atoms in total. The van der Waals surface area contributed by atoms with Crippen molar-refractivity contribution in [1.29, 1.82) is 0 Å². The molecule has 2 aromatic rings. The lowest BCUT2D eigenvalue weighted by molar-refractivity contribution is 0.340. The van der Waals surface area contributed by atoms with E-state index in [0.717, 1.165) is 30.0 Å². The number of ether oxygens (including phenoxy) is 1. The number of hydrazone groups is 1. The molecule has 2 rings (SSSR count). The van der Waals surface area contributed by atoms with E-state index in [1.807, 2.05) is 43.3 Å². The van der Waals surface area contributed by atoms with Gasteiger partial charge in [0.15, 0.2) is 5.11 Å². The maximum absolute atomic E-state index is 5.41. The molecule has 6 heteroatoms. The van der Waals surface area contributed by atoms with Gasteiger partial charge in [0.05, 0.1) is 12.8 Å². The summed E-state index contributed by atoms with van der Waals surface area (Å²) in [5.74, 6) is 0.836. The second-order valence-electron chi connectivity index (χ2n) is 5.79. The normalized spacial score (nSPS) is 10.6. The van der Waals surface area contributed by atoms with E-state index in [2.05, 4.69) is 46.8 Å².